The number of esters is 1. The van der Waals surface area contributed by atoms with Crippen molar-refractivity contribution in [2.24, 2.45) is 0 Å². The van der Waals surface area contributed by atoms with Crippen LogP contribution in [0, 0.1) is 0 Å². The van der Waals surface area contributed by atoms with E-state index in [1.54, 1.807) is 24.3 Å². The first-order chi connectivity index (χ1) is 6.63. The normalized spacial score (nSPS) is 11.3. The van der Waals surface area contributed by atoms with Crippen molar-refractivity contribution in [2.45, 2.75) is 12.5 Å². The van der Waals surface area contributed by atoms with Gasteiger partial charge in [-0.15, -0.1) is 0 Å². The second-order valence-electron chi connectivity index (χ2n) is 3.09. The summed E-state index contributed by atoms with van der Waals surface area (Å²) >= 11 is 0. The third-order valence-corrected chi connectivity index (χ3v) is 1.95. The minimum atomic E-state index is -0.399. The van der Waals surface area contributed by atoms with Gasteiger partial charge in [0, 0.05) is 6.42 Å². The monoisotopic (exact) mass is 231 g/mol. The van der Waals surface area contributed by atoms with E-state index in [0.29, 0.717) is 6.42 Å². The SMILES string of the molecule is COC(=O)[C@H]([NH3+])Cc1ccc(O)cc1.[Cl-]. The maximum atomic E-state index is 11.0. The van der Waals surface area contributed by atoms with Crippen molar-refractivity contribution in [2.75, 3.05) is 7.11 Å². The van der Waals surface area contributed by atoms with Crippen molar-refractivity contribution in [1.29, 1.82) is 0 Å². The van der Waals surface area contributed by atoms with E-state index >= 15 is 0 Å². The zero-order valence-electron chi connectivity index (χ0n) is 8.44. The zero-order valence-corrected chi connectivity index (χ0v) is 9.20. The molecule has 15 heavy (non-hydrogen) atoms. The van der Waals surface area contributed by atoms with Crippen LogP contribution in [0.15, 0.2) is 24.3 Å². The molecule has 1 aromatic rings. The highest BCUT2D eigenvalue weighted by Gasteiger charge is 2.17. The summed E-state index contributed by atoms with van der Waals surface area (Å²) in [4.78, 5) is 11.0. The van der Waals surface area contributed by atoms with E-state index in [-0.39, 0.29) is 24.1 Å². The van der Waals surface area contributed by atoms with Crippen molar-refractivity contribution >= 4 is 5.97 Å². The van der Waals surface area contributed by atoms with Crippen LogP contribution < -0.4 is 18.1 Å². The predicted octanol–water partition coefficient (Wildman–Crippen LogP) is -3.28. The third kappa shape index (κ3) is 4.18. The van der Waals surface area contributed by atoms with Crippen LogP contribution in [0.4, 0.5) is 0 Å². The molecule has 4 N–H and O–H groups in total. The Labute approximate surface area is 94.5 Å². The Bertz CT molecular complexity index is 313. The first-order valence-electron chi connectivity index (χ1n) is 4.32. The van der Waals surface area contributed by atoms with Gasteiger partial charge in [0.15, 0.2) is 6.04 Å². The van der Waals surface area contributed by atoms with Gasteiger partial charge in [-0.25, -0.2) is 4.79 Å². The predicted molar refractivity (Wildman–Crippen MR) is 50.5 cm³/mol. The molecule has 0 saturated heterocycles. The van der Waals surface area contributed by atoms with Crippen LogP contribution >= 0.6 is 0 Å². The summed E-state index contributed by atoms with van der Waals surface area (Å²) in [7, 11) is 1.34. The number of benzene rings is 1. The Morgan fingerprint density at radius 1 is 1.47 bits per heavy atom. The number of rotatable bonds is 3. The average molecular weight is 232 g/mol. The van der Waals surface area contributed by atoms with Crippen LogP contribution in [0.2, 0.25) is 0 Å². The van der Waals surface area contributed by atoms with Gasteiger partial charge >= 0.3 is 5.97 Å². The molecule has 0 spiro atoms. The molecule has 0 aromatic heterocycles. The summed E-state index contributed by atoms with van der Waals surface area (Å²) in [5.41, 5.74) is 4.64. The van der Waals surface area contributed by atoms with Gasteiger partial charge < -0.3 is 28.0 Å². The fourth-order valence-electron chi connectivity index (χ4n) is 1.17. The summed E-state index contributed by atoms with van der Waals surface area (Å²) in [6.07, 6.45) is 0.521. The van der Waals surface area contributed by atoms with Gasteiger partial charge in [0.05, 0.1) is 7.11 Å². The summed E-state index contributed by atoms with van der Waals surface area (Å²) in [5.74, 6) is -0.106. The Hall–Kier alpha value is -1.26. The smallest absolute Gasteiger partial charge is 0.364 e. The van der Waals surface area contributed by atoms with Crippen LogP contribution in [-0.4, -0.2) is 24.2 Å². The van der Waals surface area contributed by atoms with Crippen molar-refractivity contribution in [1.82, 2.24) is 0 Å². The van der Waals surface area contributed by atoms with E-state index in [0.717, 1.165) is 5.56 Å². The molecule has 0 amide bonds. The number of halogens is 1. The quantitative estimate of drug-likeness (QED) is 0.536. The Morgan fingerprint density at radius 2 is 2.00 bits per heavy atom. The molecule has 1 rings (SSSR count). The van der Waals surface area contributed by atoms with Gasteiger partial charge in [-0.1, -0.05) is 12.1 Å². The molecule has 4 nitrogen and oxygen atoms in total. The molecule has 5 heteroatoms. The van der Waals surface area contributed by atoms with Crippen LogP contribution in [-0.2, 0) is 16.0 Å². The largest absolute Gasteiger partial charge is 1.00 e. The number of hydrogen-bond donors (Lipinski definition) is 2. The summed E-state index contributed by atoms with van der Waals surface area (Å²) in [5, 5.41) is 9.04. The number of ether oxygens (including phenoxy) is 1. The van der Waals surface area contributed by atoms with Gasteiger partial charge in [0.2, 0.25) is 0 Å². The van der Waals surface area contributed by atoms with Crippen LogP contribution in [0.25, 0.3) is 0 Å². The van der Waals surface area contributed by atoms with Crippen molar-refractivity contribution in [3.8, 4) is 5.75 Å². The number of aromatic hydroxyl groups is 1. The summed E-state index contributed by atoms with van der Waals surface area (Å²) in [6.45, 7) is 0. The molecule has 0 bridgehead atoms. The molecule has 0 aliphatic carbocycles. The van der Waals surface area contributed by atoms with E-state index < -0.39 is 6.04 Å². The van der Waals surface area contributed by atoms with E-state index in [9.17, 15) is 4.79 Å². The second-order valence-corrected chi connectivity index (χ2v) is 3.09. The minimum Gasteiger partial charge on any atom is -1.00 e. The van der Waals surface area contributed by atoms with Gasteiger partial charge in [-0.2, -0.15) is 0 Å². The van der Waals surface area contributed by atoms with E-state index in [1.165, 1.54) is 7.11 Å². The van der Waals surface area contributed by atoms with E-state index in [4.69, 9.17) is 5.11 Å². The average Bonchev–Trinajstić information content (AvgIpc) is 2.20. The highest BCUT2D eigenvalue weighted by molar-refractivity contribution is 5.74. The van der Waals surface area contributed by atoms with E-state index in [1.807, 2.05) is 0 Å². The number of carbonyl (C=O) groups is 1. The first kappa shape index (κ1) is 13.7. The third-order valence-electron chi connectivity index (χ3n) is 1.95. The molecule has 0 radical (unpaired) electrons. The number of methoxy groups -OCH3 is 1. The fraction of sp³-hybridized carbons (Fsp3) is 0.300. The molecular weight excluding hydrogens is 218 g/mol. The lowest BCUT2D eigenvalue weighted by Crippen LogP contribution is -3.00. The molecule has 0 saturated carbocycles. The molecule has 84 valence electrons. The number of quaternary nitrogens is 1. The number of carbonyl (C=O) groups excluding carboxylic acids is 1. The number of hydrogen-bond acceptors (Lipinski definition) is 3. The van der Waals surface area contributed by atoms with Crippen molar-refractivity contribution < 1.29 is 32.8 Å². The minimum absolute atomic E-state index is 0. The second kappa shape index (κ2) is 6.27. The van der Waals surface area contributed by atoms with Crippen LogP contribution in [0.5, 0.6) is 5.75 Å². The summed E-state index contributed by atoms with van der Waals surface area (Å²) < 4.78 is 4.56. The van der Waals surface area contributed by atoms with E-state index in [2.05, 4.69) is 10.5 Å². The van der Waals surface area contributed by atoms with Gasteiger partial charge in [-0.05, 0) is 17.7 Å². The lowest BCUT2D eigenvalue weighted by molar-refractivity contribution is -0.407. The highest BCUT2D eigenvalue weighted by Crippen LogP contribution is 2.10. The van der Waals surface area contributed by atoms with Crippen molar-refractivity contribution in [3.05, 3.63) is 29.8 Å². The number of phenols is 1. The summed E-state index contributed by atoms with van der Waals surface area (Å²) in [6, 6.07) is 6.29. The van der Waals surface area contributed by atoms with Crippen LogP contribution in [0.1, 0.15) is 5.56 Å². The lowest BCUT2D eigenvalue weighted by atomic mass is 10.1. The molecule has 1 atom stereocenters. The Balaban J connectivity index is 0.00000196. The Morgan fingerprint density at radius 3 is 2.47 bits per heavy atom. The molecule has 0 unspecified atom stereocenters. The Kier molecular flexibility index (Phi) is 5.74. The van der Waals surface area contributed by atoms with Gasteiger partial charge in [0.1, 0.15) is 5.75 Å². The zero-order chi connectivity index (χ0) is 10.6. The van der Waals surface area contributed by atoms with Crippen molar-refractivity contribution in [3.63, 3.8) is 0 Å². The molecular formula is C10H14ClNO3. The van der Waals surface area contributed by atoms with Gasteiger partial charge in [0.25, 0.3) is 0 Å². The molecule has 0 heterocycles. The van der Waals surface area contributed by atoms with Crippen LogP contribution in [0.3, 0.4) is 0 Å². The number of phenolic OH excluding ortho intramolecular Hbond substituents is 1. The highest BCUT2D eigenvalue weighted by atomic mass is 35.5. The maximum Gasteiger partial charge on any atom is 0.364 e. The fourth-order valence-corrected chi connectivity index (χ4v) is 1.17. The maximum absolute atomic E-state index is 11.0. The first-order valence-corrected chi connectivity index (χ1v) is 4.32. The molecule has 0 fully saturated rings. The topological polar surface area (TPSA) is 74.2 Å². The lowest BCUT2D eigenvalue weighted by Gasteiger charge is -2.05. The molecule has 1 aromatic carbocycles. The molecule has 0 aliphatic rings. The van der Waals surface area contributed by atoms with Gasteiger partial charge in [-0.3, -0.25) is 0 Å². The molecule has 0 aliphatic heterocycles. The standard InChI is InChI=1S/C10H13NO3.ClH/c1-14-10(13)9(11)6-7-2-4-8(12)5-3-7;/h2-5,9,12H,6,11H2,1H3;1H/t9-;/m1./s1.